The zero-order valence-electron chi connectivity index (χ0n) is 12.5. The maximum absolute atomic E-state index is 5.79. The fourth-order valence-electron chi connectivity index (χ4n) is 2.05. The molecule has 108 valence electrons. The summed E-state index contributed by atoms with van der Waals surface area (Å²) in [6.45, 7) is 7.27. The first-order valence-electron chi connectivity index (χ1n) is 7.31. The molecular formula is C17H23NOS. The number of para-hydroxylation sites is 2. The van der Waals surface area contributed by atoms with Crippen LogP contribution in [0.3, 0.4) is 0 Å². The van der Waals surface area contributed by atoms with Gasteiger partial charge in [-0.05, 0) is 44.0 Å². The van der Waals surface area contributed by atoms with Crippen LogP contribution >= 0.6 is 11.3 Å². The van der Waals surface area contributed by atoms with Gasteiger partial charge in [-0.15, -0.1) is 11.3 Å². The van der Waals surface area contributed by atoms with Crippen LogP contribution < -0.4 is 10.1 Å². The molecule has 2 nitrogen and oxygen atoms in total. The molecule has 0 aliphatic heterocycles. The van der Waals surface area contributed by atoms with Crippen molar-refractivity contribution in [2.75, 3.05) is 11.9 Å². The number of hydrogen-bond donors (Lipinski definition) is 1. The molecule has 2 aromatic rings. The number of ether oxygens (including phenoxy) is 1. The summed E-state index contributed by atoms with van der Waals surface area (Å²) in [4.78, 5) is 2.80. The number of anilines is 1. The van der Waals surface area contributed by atoms with Gasteiger partial charge < -0.3 is 10.1 Å². The Hall–Kier alpha value is -1.48. The zero-order valence-corrected chi connectivity index (χ0v) is 13.3. The van der Waals surface area contributed by atoms with Crippen molar-refractivity contribution in [1.29, 1.82) is 0 Å². The lowest BCUT2D eigenvalue weighted by atomic mass is 10.2. The first-order chi connectivity index (χ1) is 9.74. The summed E-state index contributed by atoms with van der Waals surface area (Å²) in [6.07, 6.45) is 2.13. The van der Waals surface area contributed by atoms with Crippen LogP contribution in [0.5, 0.6) is 5.75 Å². The Balaban J connectivity index is 2.08. The Labute approximate surface area is 125 Å². The highest BCUT2D eigenvalue weighted by Crippen LogP contribution is 2.31. The molecule has 20 heavy (non-hydrogen) atoms. The normalized spacial score (nSPS) is 12.2. The number of rotatable bonds is 7. The van der Waals surface area contributed by atoms with E-state index in [0.29, 0.717) is 6.04 Å². The van der Waals surface area contributed by atoms with Crippen molar-refractivity contribution in [3.63, 3.8) is 0 Å². The van der Waals surface area contributed by atoms with E-state index in [1.807, 2.05) is 29.5 Å². The maximum Gasteiger partial charge on any atom is 0.142 e. The van der Waals surface area contributed by atoms with Gasteiger partial charge >= 0.3 is 0 Å². The van der Waals surface area contributed by atoms with Gasteiger partial charge in [0.1, 0.15) is 5.75 Å². The zero-order chi connectivity index (χ0) is 14.4. The van der Waals surface area contributed by atoms with Crippen LogP contribution in [-0.4, -0.2) is 6.61 Å². The Morgan fingerprint density at radius 3 is 2.65 bits per heavy atom. The van der Waals surface area contributed by atoms with Crippen LogP contribution in [0, 0.1) is 0 Å². The predicted octanol–water partition coefficient (Wildman–Crippen LogP) is 5.27. The average molecular weight is 289 g/mol. The smallest absolute Gasteiger partial charge is 0.142 e. The molecule has 1 heterocycles. The number of thiophene rings is 1. The number of aryl methyl sites for hydroxylation is 1. The molecule has 0 aliphatic carbocycles. The van der Waals surface area contributed by atoms with E-state index in [-0.39, 0.29) is 0 Å². The van der Waals surface area contributed by atoms with E-state index in [0.717, 1.165) is 30.9 Å². The number of hydrogen-bond acceptors (Lipinski definition) is 3. The summed E-state index contributed by atoms with van der Waals surface area (Å²) in [5.41, 5.74) is 1.07. The molecule has 0 aliphatic rings. The van der Waals surface area contributed by atoms with Gasteiger partial charge in [0.2, 0.25) is 0 Å². The molecule has 1 unspecified atom stereocenters. The lowest BCUT2D eigenvalue weighted by molar-refractivity contribution is 0.318. The molecule has 1 aromatic heterocycles. The largest absolute Gasteiger partial charge is 0.491 e. The van der Waals surface area contributed by atoms with Gasteiger partial charge in [-0.3, -0.25) is 0 Å². The molecule has 0 saturated carbocycles. The molecule has 1 aromatic carbocycles. The molecule has 0 fully saturated rings. The minimum Gasteiger partial charge on any atom is -0.491 e. The second kappa shape index (κ2) is 7.34. The summed E-state index contributed by atoms with van der Waals surface area (Å²) in [5.74, 6) is 0.938. The maximum atomic E-state index is 5.79. The molecule has 0 spiro atoms. The molecule has 3 heteroatoms. The van der Waals surface area contributed by atoms with Crippen molar-refractivity contribution in [3.8, 4) is 5.75 Å². The third-order valence-electron chi connectivity index (χ3n) is 3.18. The Bertz CT molecular complexity index is 535. The lowest BCUT2D eigenvalue weighted by Gasteiger charge is -2.17. The first-order valence-corrected chi connectivity index (χ1v) is 8.13. The van der Waals surface area contributed by atoms with Gasteiger partial charge in [0, 0.05) is 9.75 Å². The number of nitrogens with one attached hydrogen (secondary N) is 1. The van der Waals surface area contributed by atoms with E-state index in [4.69, 9.17) is 4.74 Å². The Morgan fingerprint density at radius 1 is 1.15 bits per heavy atom. The van der Waals surface area contributed by atoms with E-state index in [1.54, 1.807) is 0 Å². The van der Waals surface area contributed by atoms with E-state index in [9.17, 15) is 0 Å². The summed E-state index contributed by atoms with van der Waals surface area (Å²) >= 11 is 1.88. The fourth-order valence-corrected chi connectivity index (χ4v) is 3.00. The molecule has 2 rings (SSSR count). The summed E-state index contributed by atoms with van der Waals surface area (Å²) in [5, 5.41) is 3.56. The monoisotopic (exact) mass is 289 g/mol. The van der Waals surface area contributed by atoms with Crippen molar-refractivity contribution in [1.82, 2.24) is 0 Å². The predicted molar refractivity (Wildman–Crippen MR) is 88.0 cm³/mol. The third kappa shape index (κ3) is 3.76. The third-order valence-corrected chi connectivity index (χ3v) is 4.59. The van der Waals surface area contributed by atoms with Crippen molar-refractivity contribution >= 4 is 17.0 Å². The molecule has 1 atom stereocenters. The first kappa shape index (κ1) is 14.9. The summed E-state index contributed by atoms with van der Waals surface area (Å²) < 4.78 is 5.79. The highest BCUT2D eigenvalue weighted by molar-refractivity contribution is 7.12. The minimum atomic E-state index is 0.298. The number of benzene rings is 1. The molecular weight excluding hydrogens is 266 g/mol. The topological polar surface area (TPSA) is 21.3 Å². The molecule has 0 radical (unpaired) electrons. The van der Waals surface area contributed by atoms with Crippen molar-refractivity contribution in [3.05, 3.63) is 46.2 Å². The van der Waals surface area contributed by atoms with Crippen LogP contribution in [0.25, 0.3) is 0 Å². The molecule has 1 N–H and O–H groups in total. The Morgan fingerprint density at radius 2 is 1.95 bits per heavy atom. The van der Waals surface area contributed by atoms with Crippen LogP contribution in [0.1, 0.15) is 43.0 Å². The van der Waals surface area contributed by atoms with Gasteiger partial charge in [-0.2, -0.15) is 0 Å². The van der Waals surface area contributed by atoms with Gasteiger partial charge in [0.15, 0.2) is 0 Å². The fraction of sp³-hybridized carbons (Fsp3) is 0.412. The van der Waals surface area contributed by atoms with Crippen LogP contribution in [0.15, 0.2) is 36.4 Å². The van der Waals surface area contributed by atoms with E-state index in [2.05, 4.69) is 44.3 Å². The van der Waals surface area contributed by atoms with Gasteiger partial charge in [0.05, 0.1) is 18.3 Å². The van der Waals surface area contributed by atoms with E-state index >= 15 is 0 Å². The van der Waals surface area contributed by atoms with Gasteiger partial charge in [-0.1, -0.05) is 26.0 Å². The Kier molecular flexibility index (Phi) is 5.48. The van der Waals surface area contributed by atoms with Crippen LogP contribution in [0.4, 0.5) is 5.69 Å². The lowest BCUT2D eigenvalue weighted by Crippen LogP contribution is -2.07. The molecule has 0 amide bonds. The highest BCUT2D eigenvalue weighted by atomic mass is 32.1. The second-order valence-corrected chi connectivity index (χ2v) is 6.07. The van der Waals surface area contributed by atoms with Gasteiger partial charge in [0.25, 0.3) is 0 Å². The van der Waals surface area contributed by atoms with Crippen molar-refractivity contribution in [2.24, 2.45) is 0 Å². The van der Waals surface area contributed by atoms with Crippen LogP contribution in [-0.2, 0) is 6.42 Å². The second-order valence-electron chi connectivity index (χ2n) is 4.87. The minimum absolute atomic E-state index is 0.298. The summed E-state index contributed by atoms with van der Waals surface area (Å²) in [7, 11) is 0. The standard InChI is InChI=1S/C17H23NOS/c1-4-12-19-16-9-7-6-8-15(16)18-13(3)17-11-10-14(5-2)20-17/h6-11,13,18H,4-5,12H2,1-3H3. The van der Waals surface area contributed by atoms with Gasteiger partial charge in [-0.25, -0.2) is 0 Å². The molecule has 0 saturated heterocycles. The average Bonchev–Trinajstić information content (AvgIpc) is 2.95. The van der Waals surface area contributed by atoms with Crippen molar-refractivity contribution < 1.29 is 4.74 Å². The quantitative estimate of drug-likeness (QED) is 0.749. The SMILES string of the molecule is CCCOc1ccccc1NC(C)c1ccc(CC)s1. The van der Waals surface area contributed by atoms with Crippen molar-refractivity contribution in [2.45, 2.75) is 39.7 Å². The van der Waals surface area contributed by atoms with E-state index < -0.39 is 0 Å². The van der Waals surface area contributed by atoms with Crippen LogP contribution in [0.2, 0.25) is 0 Å². The summed E-state index contributed by atoms with van der Waals surface area (Å²) in [6, 6.07) is 12.9. The molecule has 0 bridgehead atoms. The van der Waals surface area contributed by atoms with E-state index in [1.165, 1.54) is 9.75 Å². The highest BCUT2D eigenvalue weighted by Gasteiger charge is 2.10.